The minimum absolute atomic E-state index is 0. The van der Waals surface area contributed by atoms with E-state index in [0.717, 1.165) is 5.56 Å². The van der Waals surface area contributed by atoms with E-state index < -0.39 is 0 Å². The average Bonchev–Trinajstić information content (AvgIpc) is 2.17. The van der Waals surface area contributed by atoms with E-state index in [4.69, 9.17) is 17.9 Å². The van der Waals surface area contributed by atoms with Crippen LogP contribution in [0.3, 0.4) is 0 Å². The maximum atomic E-state index is 8.24. The maximum absolute atomic E-state index is 8.24. The van der Waals surface area contributed by atoms with Gasteiger partial charge < -0.3 is 17.9 Å². The van der Waals surface area contributed by atoms with E-state index in [0.29, 0.717) is 6.54 Å². The monoisotopic (exact) mass is 227 g/mol. The normalized spacial score (nSPS) is 10.0. The number of hydrogen-bond donors (Lipinski definition) is 1. The summed E-state index contributed by atoms with van der Waals surface area (Å²) in [6.07, 6.45) is 1.64. The summed E-state index contributed by atoms with van der Waals surface area (Å²) in [5, 5.41) is 11.4. The zero-order valence-corrected chi connectivity index (χ0v) is 11.6. The molecule has 15 heavy (non-hydrogen) atoms. The second-order valence-corrected chi connectivity index (χ2v) is 3.18. The van der Waals surface area contributed by atoms with Crippen LogP contribution in [0.25, 0.3) is 0 Å². The van der Waals surface area contributed by atoms with Gasteiger partial charge in [0.25, 0.3) is 0 Å². The molecule has 0 aromatic heterocycles. The molecule has 0 saturated heterocycles. The molecule has 0 aliphatic heterocycles. The van der Waals surface area contributed by atoms with Gasteiger partial charge in [-0.15, -0.1) is 0 Å². The predicted octanol–water partition coefficient (Wildman–Crippen LogP) is -1.53. The van der Waals surface area contributed by atoms with Crippen LogP contribution in [-0.4, -0.2) is 5.17 Å². The SMILES string of the molecule is Cc1ccccc1CN/C([S-])=N/C#N.[Na+]. The molecule has 0 atom stereocenters. The molecule has 0 aliphatic carbocycles. The minimum Gasteiger partial charge on any atom is -0.742 e. The van der Waals surface area contributed by atoms with Gasteiger partial charge in [-0.1, -0.05) is 24.3 Å². The number of aliphatic imine (C=N–C) groups is 1. The van der Waals surface area contributed by atoms with Gasteiger partial charge in [0, 0.05) is 6.54 Å². The van der Waals surface area contributed by atoms with Crippen LogP contribution in [0, 0.1) is 18.4 Å². The first-order chi connectivity index (χ1) is 6.74. The van der Waals surface area contributed by atoms with Crippen molar-refractivity contribution in [2.75, 3.05) is 0 Å². The Kier molecular flexibility index (Phi) is 7.35. The van der Waals surface area contributed by atoms with Gasteiger partial charge >= 0.3 is 29.6 Å². The topological polar surface area (TPSA) is 48.2 Å². The van der Waals surface area contributed by atoms with E-state index in [1.54, 1.807) is 6.19 Å². The van der Waals surface area contributed by atoms with Crippen LogP contribution in [0.1, 0.15) is 11.1 Å². The van der Waals surface area contributed by atoms with E-state index in [-0.39, 0.29) is 34.7 Å². The molecular formula is C10H10N3NaS. The molecule has 5 heteroatoms. The van der Waals surface area contributed by atoms with Gasteiger partial charge in [0.1, 0.15) is 0 Å². The quantitative estimate of drug-likeness (QED) is 0.219. The molecule has 72 valence electrons. The summed E-state index contributed by atoms with van der Waals surface area (Å²) in [4.78, 5) is 3.40. The summed E-state index contributed by atoms with van der Waals surface area (Å²) in [6, 6.07) is 7.99. The molecule has 0 unspecified atom stereocenters. The first-order valence-electron chi connectivity index (χ1n) is 4.16. The Labute approximate surface area is 117 Å². The van der Waals surface area contributed by atoms with Crippen molar-refractivity contribution in [3.8, 4) is 6.19 Å². The Morgan fingerprint density at radius 1 is 1.53 bits per heavy atom. The van der Waals surface area contributed by atoms with Gasteiger partial charge in [-0.2, -0.15) is 10.3 Å². The molecule has 0 amide bonds. The number of rotatable bonds is 2. The van der Waals surface area contributed by atoms with Crippen LogP contribution in [0.2, 0.25) is 0 Å². The molecule has 0 bridgehead atoms. The van der Waals surface area contributed by atoms with Crippen LogP contribution >= 0.6 is 0 Å². The fraction of sp³-hybridized carbons (Fsp3) is 0.200. The molecule has 1 aromatic rings. The molecule has 1 aromatic carbocycles. The standard InChI is InChI=1S/C10H11N3S.Na/c1-8-4-2-3-5-9(8)6-12-10(14)13-7-11;/h2-5H,6H2,1H3,(H2,12,13,14);/q;+1/p-1. The van der Waals surface area contributed by atoms with E-state index in [1.807, 2.05) is 31.2 Å². The molecule has 0 fully saturated rings. The molecule has 0 saturated carbocycles. The van der Waals surface area contributed by atoms with Gasteiger partial charge in [-0.3, -0.25) is 0 Å². The second-order valence-electron chi connectivity index (χ2n) is 2.80. The number of amidine groups is 1. The van der Waals surface area contributed by atoms with E-state index in [1.165, 1.54) is 5.56 Å². The summed E-state index contributed by atoms with van der Waals surface area (Å²) in [5.74, 6) is 0. The van der Waals surface area contributed by atoms with Gasteiger partial charge in [-0.25, -0.2) is 0 Å². The molecule has 0 spiro atoms. The van der Waals surface area contributed by atoms with E-state index in [2.05, 4.69) is 10.3 Å². The number of nitriles is 1. The summed E-state index contributed by atoms with van der Waals surface area (Å²) in [7, 11) is 0. The zero-order valence-electron chi connectivity index (χ0n) is 8.82. The second kappa shape index (κ2) is 7.66. The van der Waals surface area contributed by atoms with Gasteiger partial charge in [0.05, 0.1) is 0 Å². The Morgan fingerprint density at radius 3 is 2.80 bits per heavy atom. The summed E-state index contributed by atoms with van der Waals surface area (Å²) < 4.78 is 0. The van der Waals surface area contributed by atoms with E-state index in [9.17, 15) is 0 Å². The van der Waals surface area contributed by atoms with Crippen LogP contribution in [-0.2, 0) is 19.2 Å². The largest absolute Gasteiger partial charge is 1.00 e. The number of benzene rings is 1. The third kappa shape index (κ3) is 5.14. The third-order valence-electron chi connectivity index (χ3n) is 1.84. The Hall–Kier alpha value is -0.600. The predicted molar refractivity (Wildman–Crippen MR) is 58.4 cm³/mol. The van der Waals surface area contributed by atoms with Crippen LogP contribution < -0.4 is 34.9 Å². The molecule has 0 aliphatic rings. The van der Waals surface area contributed by atoms with Crippen LogP contribution in [0.15, 0.2) is 29.3 Å². The van der Waals surface area contributed by atoms with Crippen LogP contribution in [0.5, 0.6) is 0 Å². The van der Waals surface area contributed by atoms with Crippen molar-refractivity contribution in [1.82, 2.24) is 5.32 Å². The average molecular weight is 227 g/mol. The van der Waals surface area contributed by atoms with E-state index >= 15 is 0 Å². The van der Waals surface area contributed by atoms with Crippen molar-refractivity contribution in [3.63, 3.8) is 0 Å². The fourth-order valence-electron chi connectivity index (χ4n) is 1.06. The molecule has 1 N–H and O–H groups in total. The maximum Gasteiger partial charge on any atom is 1.00 e. The first-order valence-corrected chi connectivity index (χ1v) is 4.57. The number of hydrogen-bond acceptors (Lipinski definition) is 3. The summed E-state index contributed by atoms with van der Waals surface area (Å²) in [5.41, 5.74) is 2.35. The van der Waals surface area contributed by atoms with Gasteiger partial charge in [-0.05, 0) is 23.2 Å². The summed E-state index contributed by atoms with van der Waals surface area (Å²) in [6.45, 7) is 2.64. The third-order valence-corrected chi connectivity index (χ3v) is 2.08. The number of nitrogens with one attached hydrogen (secondary N) is 1. The van der Waals surface area contributed by atoms with Crippen molar-refractivity contribution in [1.29, 1.82) is 5.26 Å². The fourth-order valence-corrected chi connectivity index (χ4v) is 1.18. The zero-order chi connectivity index (χ0) is 10.4. The molecule has 0 heterocycles. The van der Waals surface area contributed by atoms with Crippen molar-refractivity contribution in [2.24, 2.45) is 4.99 Å². The van der Waals surface area contributed by atoms with Gasteiger partial charge in [0.2, 0.25) is 6.19 Å². The van der Waals surface area contributed by atoms with Gasteiger partial charge in [0.15, 0.2) is 0 Å². The number of nitrogens with zero attached hydrogens (tertiary/aromatic N) is 2. The molecule has 3 nitrogen and oxygen atoms in total. The molecule has 1 rings (SSSR count). The number of aryl methyl sites for hydroxylation is 1. The summed E-state index contributed by atoms with van der Waals surface area (Å²) >= 11 is 4.80. The Balaban J connectivity index is 0.00000196. The molecule has 0 radical (unpaired) electrons. The van der Waals surface area contributed by atoms with Crippen molar-refractivity contribution in [2.45, 2.75) is 13.5 Å². The van der Waals surface area contributed by atoms with Crippen LogP contribution in [0.4, 0.5) is 0 Å². The van der Waals surface area contributed by atoms with Crippen molar-refractivity contribution < 1.29 is 29.6 Å². The van der Waals surface area contributed by atoms with Crippen molar-refractivity contribution in [3.05, 3.63) is 35.4 Å². The molecular weight excluding hydrogens is 217 g/mol. The Morgan fingerprint density at radius 2 is 2.20 bits per heavy atom. The smallest absolute Gasteiger partial charge is 0.742 e. The van der Waals surface area contributed by atoms with Crippen molar-refractivity contribution >= 4 is 17.8 Å². The Bertz CT molecular complexity index is 384. The first kappa shape index (κ1) is 14.4. The minimum atomic E-state index is 0.